The molecule has 4 rings (SSSR count). The van der Waals surface area contributed by atoms with Crippen LogP contribution in [0, 0.1) is 12.8 Å². The molecule has 1 aliphatic rings. The molecule has 1 aliphatic heterocycles. The van der Waals surface area contributed by atoms with Gasteiger partial charge in [0.1, 0.15) is 0 Å². The topological polar surface area (TPSA) is 16.1 Å². The monoisotopic (exact) mass is 342 g/mol. The lowest BCUT2D eigenvalue weighted by Gasteiger charge is -2.33. The second-order valence-corrected chi connectivity index (χ2v) is 7.41. The Hall–Kier alpha value is -2.61. The van der Waals surface area contributed by atoms with Gasteiger partial charge in [0.15, 0.2) is 0 Å². The molecule has 1 saturated heterocycles. The molecule has 2 aromatic carbocycles. The van der Waals surface area contributed by atoms with Crippen molar-refractivity contribution in [3.05, 3.63) is 71.5 Å². The van der Waals surface area contributed by atoms with Gasteiger partial charge in [0.05, 0.1) is 5.69 Å². The maximum Gasteiger partial charge on any atom is 0.0679 e. The third-order valence-corrected chi connectivity index (χ3v) is 5.58. The summed E-state index contributed by atoms with van der Waals surface area (Å²) < 4.78 is 0. The van der Waals surface area contributed by atoms with Crippen LogP contribution in [-0.4, -0.2) is 18.1 Å². The summed E-state index contributed by atoms with van der Waals surface area (Å²) in [6, 6.07) is 17.1. The van der Waals surface area contributed by atoms with E-state index >= 15 is 0 Å². The average Bonchev–Trinajstić information content (AvgIpc) is 2.68. The Bertz CT molecular complexity index is 929. The largest absolute Gasteiger partial charge is 0.371 e. The van der Waals surface area contributed by atoms with Crippen LogP contribution in [0.25, 0.3) is 22.9 Å². The van der Waals surface area contributed by atoms with Gasteiger partial charge in [-0.15, -0.1) is 0 Å². The molecule has 26 heavy (non-hydrogen) atoms. The van der Waals surface area contributed by atoms with Crippen LogP contribution in [0.15, 0.2) is 54.7 Å². The van der Waals surface area contributed by atoms with Gasteiger partial charge in [-0.05, 0) is 59.7 Å². The standard InChI is InChI=1S/C24H26N2/c1-18-13-16-26(17-14-18)24-12-15-25-23(19(24)2)11-10-21-8-5-7-20-6-3-4-9-22(20)21/h3-12,15,18H,13-14,16-17H2,1-2H3. The van der Waals surface area contributed by atoms with Gasteiger partial charge in [-0.2, -0.15) is 0 Å². The number of hydrogen-bond donors (Lipinski definition) is 0. The normalized spacial score (nSPS) is 15.8. The minimum Gasteiger partial charge on any atom is -0.371 e. The van der Waals surface area contributed by atoms with Crippen LogP contribution in [0.3, 0.4) is 0 Å². The van der Waals surface area contributed by atoms with Gasteiger partial charge >= 0.3 is 0 Å². The zero-order chi connectivity index (χ0) is 17.9. The molecule has 0 saturated carbocycles. The Morgan fingerprint density at radius 1 is 0.962 bits per heavy atom. The fraction of sp³-hybridized carbons (Fsp3) is 0.292. The lowest BCUT2D eigenvalue weighted by Crippen LogP contribution is -2.33. The summed E-state index contributed by atoms with van der Waals surface area (Å²) in [7, 11) is 0. The zero-order valence-corrected chi connectivity index (χ0v) is 15.7. The van der Waals surface area contributed by atoms with E-state index in [9.17, 15) is 0 Å². The van der Waals surface area contributed by atoms with Gasteiger partial charge in [0.25, 0.3) is 0 Å². The number of piperidine rings is 1. The summed E-state index contributed by atoms with van der Waals surface area (Å²) in [5.74, 6) is 0.846. The molecule has 0 amide bonds. The highest BCUT2D eigenvalue weighted by Crippen LogP contribution is 2.28. The Kier molecular flexibility index (Phi) is 4.75. The van der Waals surface area contributed by atoms with Crippen molar-refractivity contribution in [1.82, 2.24) is 4.98 Å². The van der Waals surface area contributed by atoms with Crippen LogP contribution in [0.2, 0.25) is 0 Å². The Morgan fingerprint density at radius 2 is 1.73 bits per heavy atom. The predicted molar refractivity (Wildman–Crippen MR) is 112 cm³/mol. The SMILES string of the molecule is Cc1c(N2CCC(C)CC2)ccnc1C=Cc1cccc2ccccc12. The minimum atomic E-state index is 0.846. The molecule has 0 atom stereocenters. The lowest BCUT2D eigenvalue weighted by molar-refractivity contribution is 0.438. The smallest absolute Gasteiger partial charge is 0.0679 e. The molecule has 3 aromatic rings. The molecule has 0 aliphatic carbocycles. The molecule has 132 valence electrons. The molecule has 0 radical (unpaired) electrons. The van der Waals surface area contributed by atoms with Crippen molar-refractivity contribution in [1.29, 1.82) is 0 Å². The second kappa shape index (κ2) is 7.33. The molecule has 2 heterocycles. The van der Waals surface area contributed by atoms with E-state index in [-0.39, 0.29) is 0 Å². The molecule has 1 aromatic heterocycles. The van der Waals surface area contributed by atoms with Gasteiger partial charge in [-0.25, -0.2) is 0 Å². The minimum absolute atomic E-state index is 0.846. The Morgan fingerprint density at radius 3 is 2.58 bits per heavy atom. The number of fused-ring (bicyclic) bond motifs is 1. The first kappa shape index (κ1) is 16.8. The number of pyridine rings is 1. The van der Waals surface area contributed by atoms with Crippen molar-refractivity contribution in [2.24, 2.45) is 5.92 Å². The van der Waals surface area contributed by atoms with Crippen LogP contribution in [-0.2, 0) is 0 Å². The van der Waals surface area contributed by atoms with Crippen LogP contribution >= 0.6 is 0 Å². The molecule has 0 N–H and O–H groups in total. The first-order valence-corrected chi connectivity index (χ1v) is 9.59. The summed E-state index contributed by atoms with van der Waals surface area (Å²) in [4.78, 5) is 7.15. The highest BCUT2D eigenvalue weighted by Gasteiger charge is 2.18. The van der Waals surface area contributed by atoms with Crippen molar-refractivity contribution in [3.63, 3.8) is 0 Å². The molecular weight excluding hydrogens is 316 g/mol. The van der Waals surface area contributed by atoms with Crippen molar-refractivity contribution in [2.75, 3.05) is 18.0 Å². The summed E-state index contributed by atoms with van der Waals surface area (Å²) >= 11 is 0. The van der Waals surface area contributed by atoms with E-state index in [1.807, 2.05) is 6.20 Å². The van der Waals surface area contributed by atoms with Gasteiger partial charge in [-0.1, -0.05) is 55.5 Å². The number of hydrogen-bond acceptors (Lipinski definition) is 2. The molecular formula is C24H26N2. The van der Waals surface area contributed by atoms with Crippen molar-refractivity contribution in [3.8, 4) is 0 Å². The molecule has 1 fully saturated rings. The number of nitrogens with zero attached hydrogens (tertiary/aromatic N) is 2. The lowest BCUT2D eigenvalue weighted by atomic mass is 9.98. The van der Waals surface area contributed by atoms with E-state index in [2.05, 4.69) is 84.4 Å². The molecule has 0 unspecified atom stereocenters. The maximum absolute atomic E-state index is 4.63. The first-order chi connectivity index (χ1) is 12.7. The first-order valence-electron chi connectivity index (χ1n) is 9.59. The third kappa shape index (κ3) is 3.37. The summed E-state index contributed by atoms with van der Waals surface area (Å²) in [5.41, 5.74) is 4.92. The molecule has 0 spiro atoms. The average molecular weight is 342 g/mol. The van der Waals surface area contributed by atoms with Gasteiger partial charge in [0, 0.05) is 25.0 Å². The van der Waals surface area contributed by atoms with E-state index in [1.165, 1.54) is 40.4 Å². The molecule has 2 nitrogen and oxygen atoms in total. The highest BCUT2D eigenvalue weighted by molar-refractivity contribution is 5.92. The van der Waals surface area contributed by atoms with Crippen molar-refractivity contribution < 1.29 is 0 Å². The summed E-state index contributed by atoms with van der Waals surface area (Å²) in [6.07, 6.45) is 8.86. The summed E-state index contributed by atoms with van der Waals surface area (Å²) in [5, 5.41) is 2.56. The molecule has 0 bridgehead atoms. The third-order valence-electron chi connectivity index (χ3n) is 5.58. The second-order valence-electron chi connectivity index (χ2n) is 7.41. The number of aromatic nitrogens is 1. The van der Waals surface area contributed by atoms with E-state index < -0.39 is 0 Å². The Labute approximate surface area is 156 Å². The zero-order valence-electron chi connectivity index (χ0n) is 15.7. The quantitative estimate of drug-likeness (QED) is 0.584. The van der Waals surface area contributed by atoms with Crippen LogP contribution in [0.4, 0.5) is 5.69 Å². The number of benzene rings is 2. The highest BCUT2D eigenvalue weighted by atomic mass is 15.1. The number of rotatable bonds is 3. The van der Waals surface area contributed by atoms with Gasteiger partial charge < -0.3 is 4.90 Å². The predicted octanol–water partition coefficient (Wildman–Crippen LogP) is 5.95. The fourth-order valence-electron chi connectivity index (χ4n) is 3.87. The van der Waals surface area contributed by atoms with Crippen LogP contribution in [0.1, 0.15) is 36.6 Å². The van der Waals surface area contributed by atoms with E-state index in [1.54, 1.807) is 0 Å². The van der Waals surface area contributed by atoms with Crippen molar-refractivity contribution >= 4 is 28.6 Å². The van der Waals surface area contributed by atoms with Crippen LogP contribution in [0.5, 0.6) is 0 Å². The molecule has 2 heteroatoms. The van der Waals surface area contributed by atoms with E-state index in [0.717, 1.165) is 24.7 Å². The van der Waals surface area contributed by atoms with E-state index in [4.69, 9.17) is 0 Å². The van der Waals surface area contributed by atoms with Crippen LogP contribution < -0.4 is 4.90 Å². The van der Waals surface area contributed by atoms with E-state index in [0.29, 0.717) is 0 Å². The Balaban J connectivity index is 1.64. The van der Waals surface area contributed by atoms with Gasteiger partial charge in [-0.3, -0.25) is 4.98 Å². The van der Waals surface area contributed by atoms with Crippen molar-refractivity contribution in [2.45, 2.75) is 26.7 Å². The maximum atomic E-state index is 4.63. The fourth-order valence-corrected chi connectivity index (χ4v) is 3.87. The summed E-state index contributed by atoms with van der Waals surface area (Å²) in [6.45, 7) is 6.86. The van der Waals surface area contributed by atoms with Gasteiger partial charge in [0.2, 0.25) is 0 Å². The number of anilines is 1.